The van der Waals surface area contributed by atoms with E-state index in [9.17, 15) is 9.18 Å². The number of nitrogens with one attached hydrogen (secondary N) is 1. The molecule has 1 aliphatic heterocycles. The standard InChI is InChI=1S/C18H16FN3OS/c19-12-6-7-14-13(10-12)18(24-16-5-1-2-8-20-16)17(21-14)15-4-3-9-22(15)11-23/h1-2,5-8,10-11,15,21H,3-4,9H2. The molecular weight excluding hydrogens is 325 g/mol. The first-order valence-corrected chi connectivity index (χ1v) is 8.69. The Labute approximate surface area is 143 Å². The van der Waals surface area contributed by atoms with E-state index in [-0.39, 0.29) is 11.9 Å². The Morgan fingerprint density at radius 2 is 2.25 bits per heavy atom. The molecule has 0 radical (unpaired) electrons. The van der Waals surface area contributed by atoms with Gasteiger partial charge in [0.1, 0.15) is 10.8 Å². The number of rotatable bonds is 4. The first-order valence-electron chi connectivity index (χ1n) is 7.87. The predicted octanol–water partition coefficient (Wildman–Crippen LogP) is 4.15. The molecule has 24 heavy (non-hydrogen) atoms. The van der Waals surface area contributed by atoms with Crippen LogP contribution in [0.3, 0.4) is 0 Å². The smallest absolute Gasteiger partial charge is 0.210 e. The molecule has 4 rings (SSSR count). The van der Waals surface area contributed by atoms with Crippen LogP contribution >= 0.6 is 11.8 Å². The number of carbonyl (C=O) groups is 1. The molecule has 2 aromatic heterocycles. The molecule has 1 amide bonds. The number of halogens is 1. The van der Waals surface area contributed by atoms with Gasteiger partial charge in [0.25, 0.3) is 0 Å². The van der Waals surface area contributed by atoms with E-state index in [1.165, 1.54) is 17.8 Å². The second-order valence-corrected chi connectivity index (χ2v) is 6.86. The second kappa shape index (κ2) is 6.28. The number of amides is 1. The van der Waals surface area contributed by atoms with Crippen molar-refractivity contribution < 1.29 is 9.18 Å². The number of fused-ring (bicyclic) bond motifs is 1. The zero-order chi connectivity index (χ0) is 16.5. The maximum atomic E-state index is 13.8. The Morgan fingerprint density at radius 3 is 3.04 bits per heavy atom. The van der Waals surface area contributed by atoms with Gasteiger partial charge in [-0.05, 0) is 43.2 Å². The second-order valence-electron chi connectivity index (χ2n) is 5.83. The van der Waals surface area contributed by atoms with Gasteiger partial charge in [0.15, 0.2) is 0 Å². The SMILES string of the molecule is O=CN1CCCC1c1[nH]c2ccc(F)cc2c1Sc1ccccn1. The highest BCUT2D eigenvalue weighted by Gasteiger charge is 2.29. The molecular formula is C18H16FN3OS. The average Bonchev–Trinajstić information content (AvgIpc) is 3.20. The van der Waals surface area contributed by atoms with Crippen LogP contribution in [0.25, 0.3) is 10.9 Å². The molecule has 0 bridgehead atoms. The van der Waals surface area contributed by atoms with Gasteiger partial charge in [-0.2, -0.15) is 0 Å². The molecule has 122 valence electrons. The summed E-state index contributed by atoms with van der Waals surface area (Å²) < 4.78 is 13.8. The van der Waals surface area contributed by atoms with Gasteiger partial charge in [-0.1, -0.05) is 17.8 Å². The topological polar surface area (TPSA) is 49.0 Å². The highest BCUT2D eigenvalue weighted by molar-refractivity contribution is 7.99. The van der Waals surface area contributed by atoms with Gasteiger partial charge >= 0.3 is 0 Å². The van der Waals surface area contributed by atoms with Crippen LogP contribution in [0.2, 0.25) is 0 Å². The van der Waals surface area contributed by atoms with Crippen molar-refractivity contribution in [1.82, 2.24) is 14.9 Å². The van der Waals surface area contributed by atoms with Crippen molar-refractivity contribution >= 4 is 29.1 Å². The van der Waals surface area contributed by atoms with Crippen molar-refractivity contribution in [3.63, 3.8) is 0 Å². The van der Waals surface area contributed by atoms with E-state index in [1.54, 1.807) is 18.3 Å². The summed E-state index contributed by atoms with van der Waals surface area (Å²) in [5.74, 6) is -0.269. The number of likely N-dealkylation sites (tertiary alicyclic amines) is 1. The van der Waals surface area contributed by atoms with Gasteiger partial charge < -0.3 is 9.88 Å². The normalized spacial score (nSPS) is 17.5. The van der Waals surface area contributed by atoms with E-state index in [2.05, 4.69) is 9.97 Å². The fourth-order valence-corrected chi connectivity index (χ4v) is 4.29. The van der Waals surface area contributed by atoms with Crippen molar-refractivity contribution in [3.05, 3.63) is 54.1 Å². The van der Waals surface area contributed by atoms with Crippen molar-refractivity contribution in [1.29, 1.82) is 0 Å². The fourth-order valence-electron chi connectivity index (χ4n) is 3.24. The van der Waals surface area contributed by atoms with Gasteiger partial charge in [0.2, 0.25) is 6.41 Å². The molecule has 0 spiro atoms. The number of pyridine rings is 1. The van der Waals surface area contributed by atoms with Crippen molar-refractivity contribution in [2.45, 2.75) is 28.8 Å². The Morgan fingerprint density at radius 1 is 1.33 bits per heavy atom. The molecule has 1 atom stereocenters. The number of nitrogens with zero attached hydrogens (tertiary/aromatic N) is 2. The number of aromatic amines is 1. The van der Waals surface area contributed by atoms with Gasteiger partial charge in [-0.3, -0.25) is 4.79 Å². The summed E-state index contributed by atoms with van der Waals surface area (Å²) in [7, 11) is 0. The minimum absolute atomic E-state index is 0.00386. The third-order valence-electron chi connectivity index (χ3n) is 4.35. The minimum Gasteiger partial charge on any atom is -0.356 e. The van der Waals surface area contributed by atoms with E-state index in [1.807, 2.05) is 23.1 Å². The molecule has 6 heteroatoms. The van der Waals surface area contributed by atoms with Gasteiger partial charge in [0.05, 0.1) is 11.7 Å². The predicted molar refractivity (Wildman–Crippen MR) is 91.4 cm³/mol. The monoisotopic (exact) mass is 341 g/mol. The molecule has 1 aliphatic rings. The summed E-state index contributed by atoms with van der Waals surface area (Å²) in [6.45, 7) is 0.756. The number of benzene rings is 1. The van der Waals surface area contributed by atoms with Crippen molar-refractivity contribution in [3.8, 4) is 0 Å². The number of hydrogen-bond acceptors (Lipinski definition) is 3. The molecule has 1 unspecified atom stereocenters. The fraction of sp³-hybridized carbons (Fsp3) is 0.222. The number of hydrogen-bond donors (Lipinski definition) is 1. The van der Waals surface area contributed by atoms with Crippen LogP contribution in [0, 0.1) is 5.82 Å². The summed E-state index contributed by atoms with van der Waals surface area (Å²) in [6, 6.07) is 10.5. The lowest BCUT2D eigenvalue weighted by Crippen LogP contribution is -2.21. The Bertz CT molecular complexity index is 881. The van der Waals surface area contributed by atoms with Gasteiger partial charge in [-0.15, -0.1) is 0 Å². The van der Waals surface area contributed by atoms with Crippen molar-refractivity contribution in [2.24, 2.45) is 0 Å². The Kier molecular flexibility index (Phi) is 3.98. The summed E-state index contributed by atoms with van der Waals surface area (Å²) in [4.78, 5) is 21.9. The molecule has 0 saturated carbocycles. The highest BCUT2D eigenvalue weighted by atomic mass is 32.2. The molecule has 3 aromatic rings. The van der Waals surface area contributed by atoms with Crippen LogP contribution in [0.4, 0.5) is 4.39 Å². The first kappa shape index (κ1) is 15.2. The maximum Gasteiger partial charge on any atom is 0.210 e. The summed E-state index contributed by atoms with van der Waals surface area (Å²) >= 11 is 1.51. The maximum absolute atomic E-state index is 13.8. The molecule has 1 saturated heterocycles. The van der Waals surface area contributed by atoms with E-state index in [4.69, 9.17) is 0 Å². The number of carbonyl (C=O) groups excluding carboxylic acids is 1. The zero-order valence-electron chi connectivity index (χ0n) is 12.9. The lowest BCUT2D eigenvalue weighted by Gasteiger charge is -2.20. The molecule has 4 nitrogen and oxygen atoms in total. The van der Waals surface area contributed by atoms with Crippen LogP contribution in [0.1, 0.15) is 24.6 Å². The first-order chi connectivity index (χ1) is 11.8. The van der Waals surface area contributed by atoms with E-state index in [0.29, 0.717) is 0 Å². The number of H-pyrrole nitrogens is 1. The van der Waals surface area contributed by atoms with Crippen LogP contribution in [-0.2, 0) is 4.79 Å². The molecule has 0 aliphatic carbocycles. The lowest BCUT2D eigenvalue weighted by atomic mass is 10.1. The molecule has 1 fully saturated rings. The molecule has 1 N–H and O–H groups in total. The van der Waals surface area contributed by atoms with E-state index < -0.39 is 0 Å². The third kappa shape index (κ3) is 2.67. The van der Waals surface area contributed by atoms with Gasteiger partial charge in [-0.25, -0.2) is 9.37 Å². The average molecular weight is 341 g/mol. The van der Waals surface area contributed by atoms with Crippen LogP contribution < -0.4 is 0 Å². The third-order valence-corrected chi connectivity index (χ3v) is 5.44. The Hall–Kier alpha value is -2.34. The highest BCUT2D eigenvalue weighted by Crippen LogP contribution is 2.42. The van der Waals surface area contributed by atoms with Crippen molar-refractivity contribution in [2.75, 3.05) is 6.54 Å². The summed E-state index contributed by atoms with van der Waals surface area (Å²) in [5, 5.41) is 1.68. The van der Waals surface area contributed by atoms with Gasteiger partial charge in [0, 0.05) is 28.5 Å². The number of aromatic nitrogens is 2. The largest absolute Gasteiger partial charge is 0.356 e. The zero-order valence-corrected chi connectivity index (χ0v) is 13.7. The lowest BCUT2D eigenvalue weighted by molar-refractivity contribution is -0.119. The molecule has 3 heterocycles. The Balaban J connectivity index is 1.85. The van der Waals surface area contributed by atoms with E-state index in [0.717, 1.165) is 52.3 Å². The minimum atomic E-state index is -0.269. The quantitative estimate of drug-likeness (QED) is 0.725. The van der Waals surface area contributed by atoms with E-state index >= 15 is 0 Å². The summed E-state index contributed by atoms with van der Waals surface area (Å²) in [5.41, 5.74) is 1.85. The van der Waals surface area contributed by atoms with Crippen LogP contribution in [0.15, 0.2) is 52.5 Å². The molecule has 1 aromatic carbocycles. The van der Waals surface area contributed by atoms with Crippen LogP contribution in [0.5, 0.6) is 0 Å². The summed E-state index contributed by atoms with van der Waals surface area (Å²) in [6.07, 6.45) is 4.52. The van der Waals surface area contributed by atoms with Crippen LogP contribution in [-0.4, -0.2) is 27.8 Å².